The number of esters is 3. The van der Waals surface area contributed by atoms with Gasteiger partial charge in [-0.15, -0.1) is 0 Å². The summed E-state index contributed by atoms with van der Waals surface area (Å²) in [6.07, 6.45) is 0. The van der Waals surface area contributed by atoms with Crippen molar-refractivity contribution in [3.63, 3.8) is 0 Å². The summed E-state index contributed by atoms with van der Waals surface area (Å²) in [5.41, 5.74) is 2.88. The molecule has 5 rings (SSSR count). The van der Waals surface area contributed by atoms with Crippen LogP contribution in [-0.4, -0.2) is 46.3 Å². The standard InChI is InChI=1S/C24H24O8/c1-11(25)32-15-10-9-14(29-3)18-19(15)17-12-7-6-8-13(28-2)16(12)20(18)22(24(27)31-5)21(17)23(26)30-4/h6-10,17,20-22H,1-5H3/t17-,20+,21+,22-/m0/s1. The number of carbonyl (C=O) groups excluding carboxylic acids is 3. The zero-order valence-corrected chi connectivity index (χ0v) is 18.5. The van der Waals surface area contributed by atoms with Crippen molar-refractivity contribution in [3.8, 4) is 17.2 Å². The fourth-order valence-electron chi connectivity index (χ4n) is 5.29. The Balaban J connectivity index is 2.13. The van der Waals surface area contributed by atoms with Gasteiger partial charge in [-0.25, -0.2) is 0 Å². The molecule has 0 unspecified atom stereocenters. The number of carbonyl (C=O) groups is 3. The van der Waals surface area contributed by atoms with Gasteiger partial charge in [-0.2, -0.15) is 0 Å². The summed E-state index contributed by atoms with van der Waals surface area (Å²) < 4.78 is 27.1. The van der Waals surface area contributed by atoms with E-state index in [0.717, 1.165) is 11.1 Å². The lowest BCUT2D eigenvalue weighted by Gasteiger charge is -2.49. The van der Waals surface area contributed by atoms with E-state index in [2.05, 4.69) is 0 Å². The van der Waals surface area contributed by atoms with Gasteiger partial charge in [0.15, 0.2) is 0 Å². The molecular formula is C24H24O8. The van der Waals surface area contributed by atoms with Crippen molar-refractivity contribution in [3.05, 3.63) is 52.6 Å². The van der Waals surface area contributed by atoms with E-state index in [1.807, 2.05) is 18.2 Å². The highest BCUT2D eigenvalue weighted by Gasteiger charge is 2.59. The molecule has 3 aliphatic rings. The third kappa shape index (κ3) is 3.01. The monoisotopic (exact) mass is 440 g/mol. The van der Waals surface area contributed by atoms with Crippen molar-refractivity contribution in [2.75, 3.05) is 28.4 Å². The topological polar surface area (TPSA) is 97.4 Å². The normalized spacial score (nSPS) is 22.3. The number of methoxy groups -OCH3 is 4. The summed E-state index contributed by atoms with van der Waals surface area (Å²) >= 11 is 0. The Morgan fingerprint density at radius 3 is 1.78 bits per heavy atom. The molecule has 2 aromatic carbocycles. The maximum absolute atomic E-state index is 13.1. The average molecular weight is 440 g/mol. The lowest BCUT2D eigenvalue weighted by atomic mass is 9.53. The van der Waals surface area contributed by atoms with Crippen molar-refractivity contribution in [2.45, 2.75) is 18.8 Å². The molecular weight excluding hydrogens is 416 g/mol. The lowest BCUT2D eigenvalue weighted by molar-refractivity contribution is -0.160. The first-order chi connectivity index (χ1) is 15.4. The summed E-state index contributed by atoms with van der Waals surface area (Å²) in [6.45, 7) is 1.31. The molecule has 0 heterocycles. The molecule has 4 atom stereocenters. The van der Waals surface area contributed by atoms with Crippen molar-refractivity contribution in [2.24, 2.45) is 11.8 Å². The van der Waals surface area contributed by atoms with Gasteiger partial charge in [-0.3, -0.25) is 14.4 Å². The molecule has 0 saturated heterocycles. The van der Waals surface area contributed by atoms with Crippen LogP contribution >= 0.6 is 0 Å². The maximum atomic E-state index is 13.1. The fourth-order valence-corrected chi connectivity index (χ4v) is 5.29. The maximum Gasteiger partial charge on any atom is 0.310 e. The molecule has 0 spiro atoms. The molecule has 168 valence electrons. The fraction of sp³-hybridized carbons (Fsp3) is 0.375. The van der Waals surface area contributed by atoms with E-state index in [1.165, 1.54) is 28.3 Å². The van der Waals surface area contributed by atoms with Crippen molar-refractivity contribution in [1.29, 1.82) is 0 Å². The Hall–Kier alpha value is -3.55. The minimum atomic E-state index is -0.883. The summed E-state index contributed by atoms with van der Waals surface area (Å²) in [6, 6.07) is 8.85. The molecule has 0 saturated carbocycles. The van der Waals surface area contributed by atoms with Crippen molar-refractivity contribution in [1.82, 2.24) is 0 Å². The van der Waals surface area contributed by atoms with Crippen LogP contribution < -0.4 is 14.2 Å². The minimum absolute atomic E-state index is 0.314. The second-order valence-corrected chi connectivity index (χ2v) is 7.70. The molecule has 8 heteroatoms. The summed E-state index contributed by atoms with van der Waals surface area (Å²) in [7, 11) is 5.65. The van der Waals surface area contributed by atoms with E-state index < -0.39 is 41.6 Å². The number of ether oxygens (including phenoxy) is 5. The van der Waals surface area contributed by atoms with Gasteiger partial charge in [0.1, 0.15) is 17.2 Å². The molecule has 0 aliphatic heterocycles. The Kier molecular flexibility index (Phi) is 5.54. The zero-order chi connectivity index (χ0) is 23.2. The third-order valence-corrected chi connectivity index (χ3v) is 6.32. The predicted octanol–water partition coefficient (Wildman–Crippen LogP) is 2.80. The van der Waals surface area contributed by atoms with Gasteiger partial charge in [-0.1, -0.05) is 12.1 Å². The first-order valence-corrected chi connectivity index (χ1v) is 10.1. The number of hydrogen-bond donors (Lipinski definition) is 0. The SMILES string of the molecule is COC(=O)[C@@H]1[C@H]2c3cccc(OC)c3[C@H](c3c(OC)ccc(OC(C)=O)c32)[C@@H]1C(=O)OC. The van der Waals surface area contributed by atoms with E-state index in [9.17, 15) is 14.4 Å². The number of hydrogen-bond acceptors (Lipinski definition) is 8. The highest BCUT2D eigenvalue weighted by Crippen LogP contribution is 2.64. The molecule has 3 aliphatic carbocycles. The summed E-state index contributed by atoms with van der Waals surface area (Å²) in [5, 5.41) is 0. The van der Waals surface area contributed by atoms with Crippen molar-refractivity contribution < 1.29 is 38.1 Å². The lowest BCUT2D eigenvalue weighted by Crippen LogP contribution is -2.48. The van der Waals surface area contributed by atoms with Gasteiger partial charge in [0.2, 0.25) is 0 Å². The van der Waals surface area contributed by atoms with Crippen LogP contribution in [0, 0.1) is 11.8 Å². The second-order valence-electron chi connectivity index (χ2n) is 7.70. The molecule has 2 bridgehead atoms. The molecule has 0 amide bonds. The summed E-state index contributed by atoms with van der Waals surface area (Å²) in [4.78, 5) is 38.0. The van der Waals surface area contributed by atoms with Crippen LogP contribution in [0.3, 0.4) is 0 Å². The van der Waals surface area contributed by atoms with Gasteiger partial charge in [0.05, 0.1) is 40.3 Å². The van der Waals surface area contributed by atoms with Gasteiger partial charge in [0, 0.05) is 35.4 Å². The largest absolute Gasteiger partial charge is 0.496 e. The molecule has 0 N–H and O–H groups in total. The molecule has 2 aromatic rings. The molecule has 32 heavy (non-hydrogen) atoms. The van der Waals surface area contributed by atoms with Crippen LogP contribution in [-0.2, 0) is 23.9 Å². The number of rotatable bonds is 5. The Bertz CT molecular complexity index is 1110. The molecule has 8 nitrogen and oxygen atoms in total. The first-order valence-electron chi connectivity index (χ1n) is 10.1. The third-order valence-electron chi connectivity index (χ3n) is 6.32. The minimum Gasteiger partial charge on any atom is -0.496 e. The van der Waals surface area contributed by atoms with Crippen LogP contribution in [0.25, 0.3) is 0 Å². The van der Waals surface area contributed by atoms with E-state index in [1.54, 1.807) is 19.2 Å². The van der Waals surface area contributed by atoms with Crippen LogP contribution in [0.15, 0.2) is 30.3 Å². The Morgan fingerprint density at radius 2 is 1.22 bits per heavy atom. The van der Waals surface area contributed by atoms with Crippen LogP contribution in [0.5, 0.6) is 17.2 Å². The van der Waals surface area contributed by atoms with E-state index in [4.69, 9.17) is 23.7 Å². The van der Waals surface area contributed by atoms with Crippen LogP contribution in [0.4, 0.5) is 0 Å². The average Bonchev–Trinajstić information content (AvgIpc) is 2.81. The zero-order valence-electron chi connectivity index (χ0n) is 18.5. The molecule has 0 fully saturated rings. The van der Waals surface area contributed by atoms with Gasteiger partial charge >= 0.3 is 17.9 Å². The predicted molar refractivity (Wildman–Crippen MR) is 112 cm³/mol. The quantitative estimate of drug-likeness (QED) is 0.517. The summed E-state index contributed by atoms with van der Waals surface area (Å²) in [5.74, 6) is -3.22. The Labute approximate surface area is 185 Å². The molecule has 0 aromatic heterocycles. The highest BCUT2D eigenvalue weighted by molar-refractivity contribution is 5.89. The highest BCUT2D eigenvalue weighted by atomic mass is 16.5. The smallest absolute Gasteiger partial charge is 0.310 e. The number of fused-ring (bicyclic) bond motifs is 1. The Morgan fingerprint density at radius 1 is 0.688 bits per heavy atom. The second kappa shape index (κ2) is 8.18. The van der Waals surface area contributed by atoms with E-state index in [0.29, 0.717) is 28.4 Å². The van der Waals surface area contributed by atoms with Gasteiger partial charge in [0.25, 0.3) is 0 Å². The number of benzene rings is 2. The van der Waals surface area contributed by atoms with E-state index >= 15 is 0 Å². The van der Waals surface area contributed by atoms with Crippen LogP contribution in [0.2, 0.25) is 0 Å². The van der Waals surface area contributed by atoms with Crippen molar-refractivity contribution >= 4 is 17.9 Å². The van der Waals surface area contributed by atoms with Gasteiger partial charge < -0.3 is 23.7 Å². The first kappa shape index (κ1) is 21.7. The van der Waals surface area contributed by atoms with Crippen LogP contribution in [0.1, 0.15) is 41.0 Å². The van der Waals surface area contributed by atoms with Gasteiger partial charge in [-0.05, 0) is 23.8 Å². The molecule has 0 radical (unpaired) electrons. The van der Waals surface area contributed by atoms with E-state index in [-0.39, 0.29) is 0 Å².